The third-order valence-corrected chi connectivity index (χ3v) is 3.26. The average molecular weight is 253 g/mol. The van der Waals surface area contributed by atoms with E-state index in [1.807, 2.05) is 0 Å². The molecule has 8 heteroatoms. The number of amides is 1. The van der Waals surface area contributed by atoms with E-state index in [1.165, 1.54) is 0 Å². The summed E-state index contributed by atoms with van der Waals surface area (Å²) in [7, 11) is -5.37. The number of alkyl halides is 3. The van der Waals surface area contributed by atoms with Crippen LogP contribution in [0.5, 0.6) is 0 Å². The highest BCUT2D eigenvalue weighted by molar-refractivity contribution is 7.92. The van der Waals surface area contributed by atoms with Gasteiger partial charge in [0.05, 0.1) is 4.90 Å². The summed E-state index contributed by atoms with van der Waals surface area (Å²) in [4.78, 5) is 9.68. The summed E-state index contributed by atoms with van der Waals surface area (Å²) in [6, 6.07) is 3.20. The second kappa shape index (κ2) is 3.78. The van der Waals surface area contributed by atoms with E-state index in [4.69, 9.17) is 5.73 Å². The molecule has 0 unspecified atom stereocenters. The summed E-state index contributed by atoms with van der Waals surface area (Å²) < 4.78 is 58.1. The summed E-state index contributed by atoms with van der Waals surface area (Å²) in [6.07, 6.45) is 0. The van der Waals surface area contributed by atoms with Gasteiger partial charge in [-0.25, -0.2) is 8.42 Å². The molecule has 0 aliphatic heterocycles. The van der Waals surface area contributed by atoms with Gasteiger partial charge in [0, 0.05) is 5.56 Å². The normalized spacial score (nSPS) is 12.4. The van der Waals surface area contributed by atoms with E-state index >= 15 is 0 Å². The predicted octanol–water partition coefficient (Wildman–Crippen LogP) is 1.08. The summed E-state index contributed by atoms with van der Waals surface area (Å²) in [5, 5.41) is 0. The molecule has 88 valence electrons. The Morgan fingerprint density at radius 3 is 1.88 bits per heavy atom. The number of nitrogens with two attached hydrogens (primary N) is 1. The van der Waals surface area contributed by atoms with Crippen LogP contribution in [0.3, 0.4) is 0 Å². The Kier molecular flexibility index (Phi) is 2.95. The molecule has 2 N–H and O–H groups in total. The highest BCUT2D eigenvalue weighted by atomic mass is 32.2. The Morgan fingerprint density at radius 1 is 1.12 bits per heavy atom. The number of benzene rings is 1. The minimum atomic E-state index is -5.37. The van der Waals surface area contributed by atoms with Gasteiger partial charge in [-0.2, -0.15) is 13.2 Å². The molecule has 1 amide bonds. The fourth-order valence-electron chi connectivity index (χ4n) is 0.932. The van der Waals surface area contributed by atoms with Gasteiger partial charge in [0.1, 0.15) is 0 Å². The van der Waals surface area contributed by atoms with Gasteiger partial charge in [0.15, 0.2) is 0 Å². The standard InChI is InChI=1S/C8H6F3NO3S/c9-8(10,11)16(14,15)6-3-1-5(2-4-6)7(12)13/h1-4H,(H2,12,13). The van der Waals surface area contributed by atoms with Crippen molar-refractivity contribution in [1.82, 2.24) is 0 Å². The Balaban J connectivity index is 3.23. The van der Waals surface area contributed by atoms with Gasteiger partial charge >= 0.3 is 5.51 Å². The van der Waals surface area contributed by atoms with Crippen LogP contribution in [0.25, 0.3) is 0 Å². The van der Waals surface area contributed by atoms with Gasteiger partial charge in [-0.05, 0) is 24.3 Å². The van der Waals surface area contributed by atoms with E-state index in [9.17, 15) is 26.4 Å². The topological polar surface area (TPSA) is 77.2 Å². The zero-order chi connectivity index (χ0) is 12.6. The second-order valence-electron chi connectivity index (χ2n) is 2.84. The van der Waals surface area contributed by atoms with Crippen molar-refractivity contribution in [3.8, 4) is 0 Å². The molecule has 0 spiro atoms. The first kappa shape index (κ1) is 12.5. The Morgan fingerprint density at radius 2 is 1.56 bits per heavy atom. The minimum Gasteiger partial charge on any atom is -0.366 e. The lowest BCUT2D eigenvalue weighted by molar-refractivity contribution is -0.0436. The van der Waals surface area contributed by atoms with Crippen LogP contribution in [0.15, 0.2) is 29.2 Å². The van der Waals surface area contributed by atoms with Crippen molar-refractivity contribution in [3.05, 3.63) is 29.8 Å². The van der Waals surface area contributed by atoms with E-state index < -0.39 is 26.1 Å². The first-order chi connectivity index (χ1) is 7.16. The second-order valence-corrected chi connectivity index (χ2v) is 4.78. The summed E-state index contributed by atoms with van der Waals surface area (Å²) in [5.74, 6) is -0.851. The molecular weight excluding hydrogens is 247 g/mol. The van der Waals surface area contributed by atoms with E-state index in [0.29, 0.717) is 12.1 Å². The maximum atomic E-state index is 12.1. The fraction of sp³-hybridized carbons (Fsp3) is 0.125. The Hall–Kier alpha value is -1.57. The quantitative estimate of drug-likeness (QED) is 0.856. The monoisotopic (exact) mass is 253 g/mol. The smallest absolute Gasteiger partial charge is 0.366 e. The third kappa shape index (κ3) is 2.16. The first-order valence-electron chi connectivity index (χ1n) is 3.87. The molecule has 0 aliphatic rings. The van der Waals surface area contributed by atoms with Crippen molar-refractivity contribution in [3.63, 3.8) is 0 Å². The molecular formula is C8H6F3NO3S. The molecule has 0 saturated heterocycles. The van der Waals surface area contributed by atoms with Crippen LogP contribution in [-0.4, -0.2) is 19.8 Å². The number of hydrogen-bond acceptors (Lipinski definition) is 3. The van der Waals surface area contributed by atoms with E-state index in [2.05, 4.69) is 0 Å². The summed E-state index contributed by atoms with van der Waals surface area (Å²) >= 11 is 0. The molecule has 0 heterocycles. The Labute approximate surface area is 88.8 Å². The SMILES string of the molecule is NC(=O)c1ccc(S(=O)(=O)C(F)(F)F)cc1. The molecule has 0 aromatic heterocycles. The number of halogens is 3. The average Bonchev–Trinajstić information content (AvgIpc) is 2.16. The van der Waals surface area contributed by atoms with Crippen molar-refractivity contribution in [1.29, 1.82) is 0 Å². The third-order valence-electron chi connectivity index (χ3n) is 1.75. The molecule has 1 aromatic carbocycles. The van der Waals surface area contributed by atoms with Gasteiger partial charge < -0.3 is 5.73 Å². The lowest BCUT2D eigenvalue weighted by Gasteiger charge is -2.07. The van der Waals surface area contributed by atoms with Crippen LogP contribution in [-0.2, 0) is 9.84 Å². The molecule has 4 nitrogen and oxygen atoms in total. The highest BCUT2D eigenvalue weighted by Crippen LogP contribution is 2.30. The largest absolute Gasteiger partial charge is 0.501 e. The fourth-order valence-corrected chi connectivity index (χ4v) is 1.69. The molecule has 0 radical (unpaired) electrons. The summed E-state index contributed by atoms with van der Waals surface area (Å²) in [5.41, 5.74) is -0.580. The summed E-state index contributed by atoms with van der Waals surface area (Å²) in [6.45, 7) is 0. The van der Waals surface area contributed by atoms with Crippen LogP contribution >= 0.6 is 0 Å². The van der Waals surface area contributed by atoms with Crippen molar-refractivity contribution in [2.24, 2.45) is 5.73 Å². The van der Waals surface area contributed by atoms with Crippen molar-refractivity contribution in [2.45, 2.75) is 10.4 Å². The zero-order valence-electron chi connectivity index (χ0n) is 7.65. The maximum absolute atomic E-state index is 12.1. The molecule has 1 aromatic rings. The first-order valence-corrected chi connectivity index (χ1v) is 5.36. The molecule has 0 bridgehead atoms. The van der Waals surface area contributed by atoms with Crippen molar-refractivity contribution >= 4 is 15.7 Å². The lowest BCUT2D eigenvalue weighted by Crippen LogP contribution is -2.23. The number of sulfone groups is 1. The number of primary amides is 1. The number of hydrogen-bond donors (Lipinski definition) is 1. The van der Waals surface area contributed by atoms with Crippen LogP contribution in [0.4, 0.5) is 13.2 Å². The molecule has 1 rings (SSSR count). The maximum Gasteiger partial charge on any atom is 0.501 e. The lowest BCUT2D eigenvalue weighted by atomic mass is 10.2. The van der Waals surface area contributed by atoms with Crippen molar-refractivity contribution in [2.75, 3.05) is 0 Å². The molecule has 0 aliphatic carbocycles. The Bertz CT molecular complexity index is 504. The molecule has 16 heavy (non-hydrogen) atoms. The van der Waals surface area contributed by atoms with Crippen LogP contribution in [0, 0.1) is 0 Å². The minimum absolute atomic E-state index is 0.0684. The van der Waals surface area contributed by atoms with Gasteiger partial charge in [-0.3, -0.25) is 4.79 Å². The molecule has 0 saturated carbocycles. The van der Waals surface area contributed by atoms with Gasteiger partial charge in [0.25, 0.3) is 9.84 Å². The van der Waals surface area contributed by atoms with Crippen LogP contribution < -0.4 is 5.73 Å². The number of carbonyl (C=O) groups is 1. The molecule has 0 fully saturated rings. The van der Waals surface area contributed by atoms with E-state index in [0.717, 1.165) is 12.1 Å². The zero-order valence-corrected chi connectivity index (χ0v) is 8.47. The van der Waals surface area contributed by atoms with Gasteiger partial charge in [0.2, 0.25) is 5.91 Å². The number of carbonyl (C=O) groups excluding carboxylic acids is 1. The van der Waals surface area contributed by atoms with Crippen molar-refractivity contribution < 1.29 is 26.4 Å². The van der Waals surface area contributed by atoms with Crippen LogP contribution in [0.1, 0.15) is 10.4 Å². The molecule has 0 atom stereocenters. The van der Waals surface area contributed by atoms with E-state index in [-0.39, 0.29) is 5.56 Å². The van der Waals surface area contributed by atoms with Gasteiger partial charge in [-0.15, -0.1) is 0 Å². The van der Waals surface area contributed by atoms with Gasteiger partial charge in [-0.1, -0.05) is 0 Å². The number of rotatable bonds is 2. The van der Waals surface area contributed by atoms with E-state index in [1.54, 1.807) is 0 Å². The highest BCUT2D eigenvalue weighted by Gasteiger charge is 2.46. The van der Waals surface area contributed by atoms with Crippen LogP contribution in [0.2, 0.25) is 0 Å². The predicted molar refractivity (Wildman–Crippen MR) is 48.2 cm³/mol.